The summed E-state index contributed by atoms with van der Waals surface area (Å²) in [6.45, 7) is 9.20. The predicted octanol–water partition coefficient (Wildman–Crippen LogP) is 3.53. The van der Waals surface area contributed by atoms with Gasteiger partial charge >= 0.3 is 6.09 Å². The molecule has 0 heterocycles. The van der Waals surface area contributed by atoms with Crippen LogP contribution in [0.15, 0.2) is 40.6 Å². The largest absolute Gasteiger partial charge is 0.444 e. The van der Waals surface area contributed by atoms with Crippen LogP contribution < -0.4 is 5.32 Å². The number of benzene rings is 1. The highest BCUT2D eigenvalue weighted by Crippen LogP contribution is 2.10. The van der Waals surface area contributed by atoms with Crippen molar-refractivity contribution in [2.75, 3.05) is 0 Å². The van der Waals surface area contributed by atoms with Gasteiger partial charge in [0.1, 0.15) is 5.60 Å². The van der Waals surface area contributed by atoms with E-state index in [1.165, 1.54) is 0 Å². The summed E-state index contributed by atoms with van der Waals surface area (Å²) in [6, 6.07) is 7.25. The van der Waals surface area contributed by atoms with Crippen LogP contribution in [0, 0.1) is 6.92 Å². The Balaban J connectivity index is 2.54. The summed E-state index contributed by atoms with van der Waals surface area (Å²) in [7, 11) is -1.22. The van der Waals surface area contributed by atoms with Crippen LogP contribution in [0.1, 0.15) is 33.3 Å². The van der Waals surface area contributed by atoms with E-state index in [4.69, 9.17) is 4.74 Å². The monoisotopic (exact) mass is 309 g/mol. The van der Waals surface area contributed by atoms with Crippen molar-refractivity contribution in [1.82, 2.24) is 5.32 Å². The molecule has 1 N–H and O–H groups in total. The standard InChI is InChI=1S/C16H23NO3S/c1-12-6-8-14(9-7-12)21(19)11-10-13(2)17-15(18)20-16(3,4)5/h6-11,13H,1-5H3,(H,17,18)/b11-10-/t13-,21?/m0/s1. The van der Waals surface area contributed by atoms with Crippen molar-refractivity contribution in [2.24, 2.45) is 0 Å². The lowest BCUT2D eigenvalue weighted by molar-refractivity contribution is 0.0518. The van der Waals surface area contributed by atoms with Gasteiger partial charge in [-0.3, -0.25) is 0 Å². The molecule has 0 saturated heterocycles. The van der Waals surface area contributed by atoms with Crippen molar-refractivity contribution < 1.29 is 13.7 Å². The number of nitrogens with one attached hydrogen (secondary N) is 1. The summed E-state index contributed by atoms with van der Waals surface area (Å²) >= 11 is 0. The molecule has 0 spiro atoms. The van der Waals surface area contributed by atoms with Crippen LogP contribution in [-0.4, -0.2) is 21.9 Å². The Bertz CT molecular complexity index is 529. The summed E-state index contributed by atoms with van der Waals surface area (Å²) in [5.41, 5.74) is 0.595. The maximum absolute atomic E-state index is 12.1. The van der Waals surface area contributed by atoms with Gasteiger partial charge in [-0.05, 0) is 46.8 Å². The lowest BCUT2D eigenvalue weighted by Crippen LogP contribution is -2.36. The quantitative estimate of drug-likeness (QED) is 0.925. The number of aryl methyl sites for hydroxylation is 1. The molecule has 0 saturated carbocycles. The molecule has 0 fully saturated rings. The van der Waals surface area contributed by atoms with E-state index in [1.807, 2.05) is 31.2 Å². The Labute approximate surface area is 129 Å². The second kappa shape index (κ2) is 7.41. The minimum absolute atomic E-state index is 0.255. The number of amides is 1. The van der Waals surface area contributed by atoms with Gasteiger partial charge in [0.15, 0.2) is 0 Å². The molecule has 0 aromatic heterocycles. The number of alkyl carbamates (subject to hydrolysis) is 1. The number of carbonyl (C=O) groups excluding carboxylic acids is 1. The number of hydrogen-bond donors (Lipinski definition) is 1. The SMILES string of the molecule is Cc1ccc(S(=O)/C=C\[C@H](C)NC(=O)OC(C)(C)C)cc1. The average molecular weight is 309 g/mol. The fourth-order valence-electron chi connectivity index (χ4n) is 1.48. The van der Waals surface area contributed by atoms with Crippen molar-refractivity contribution in [3.63, 3.8) is 0 Å². The van der Waals surface area contributed by atoms with Crippen LogP contribution in [-0.2, 0) is 15.5 Å². The molecule has 0 radical (unpaired) electrons. The Morgan fingerprint density at radius 2 is 1.86 bits per heavy atom. The molecule has 1 rings (SSSR count). The third kappa shape index (κ3) is 7.09. The zero-order chi connectivity index (χ0) is 16.0. The van der Waals surface area contributed by atoms with Gasteiger partial charge in [-0.1, -0.05) is 23.8 Å². The molecule has 21 heavy (non-hydrogen) atoms. The molecule has 2 atom stereocenters. The zero-order valence-corrected chi connectivity index (χ0v) is 14.0. The van der Waals surface area contributed by atoms with E-state index in [1.54, 1.807) is 39.2 Å². The Morgan fingerprint density at radius 1 is 1.29 bits per heavy atom. The van der Waals surface area contributed by atoms with Gasteiger partial charge in [-0.2, -0.15) is 0 Å². The second-order valence-corrected chi connectivity index (χ2v) is 7.21. The van der Waals surface area contributed by atoms with E-state index < -0.39 is 22.5 Å². The van der Waals surface area contributed by atoms with Crippen LogP contribution in [0.4, 0.5) is 4.79 Å². The van der Waals surface area contributed by atoms with Crippen LogP contribution in [0.3, 0.4) is 0 Å². The molecule has 116 valence electrons. The Kier molecular flexibility index (Phi) is 6.15. The minimum Gasteiger partial charge on any atom is -0.444 e. The first-order valence-electron chi connectivity index (χ1n) is 6.82. The highest BCUT2D eigenvalue weighted by molar-refractivity contribution is 7.88. The van der Waals surface area contributed by atoms with Crippen LogP contribution >= 0.6 is 0 Å². The van der Waals surface area contributed by atoms with Gasteiger partial charge in [-0.15, -0.1) is 0 Å². The molecule has 1 aromatic carbocycles. The Hall–Kier alpha value is -1.62. The molecule has 0 aliphatic rings. The van der Waals surface area contributed by atoms with Gasteiger partial charge in [0.25, 0.3) is 0 Å². The molecule has 5 heteroatoms. The summed E-state index contributed by atoms with van der Waals surface area (Å²) in [5, 5.41) is 4.25. The highest BCUT2D eigenvalue weighted by atomic mass is 32.2. The smallest absolute Gasteiger partial charge is 0.408 e. The molecule has 1 unspecified atom stereocenters. The number of hydrogen-bond acceptors (Lipinski definition) is 3. The normalized spacial score (nSPS) is 14.7. The Morgan fingerprint density at radius 3 is 2.38 bits per heavy atom. The van der Waals surface area contributed by atoms with E-state index >= 15 is 0 Å². The fraction of sp³-hybridized carbons (Fsp3) is 0.438. The average Bonchev–Trinajstić information content (AvgIpc) is 2.34. The third-order valence-electron chi connectivity index (χ3n) is 2.49. The zero-order valence-electron chi connectivity index (χ0n) is 13.2. The maximum Gasteiger partial charge on any atom is 0.408 e. The summed E-state index contributed by atoms with van der Waals surface area (Å²) < 4.78 is 17.2. The van der Waals surface area contributed by atoms with Gasteiger partial charge in [0, 0.05) is 16.3 Å². The van der Waals surface area contributed by atoms with E-state index in [-0.39, 0.29) is 6.04 Å². The first-order chi connectivity index (χ1) is 9.67. The molecule has 0 bridgehead atoms. The summed E-state index contributed by atoms with van der Waals surface area (Å²) in [5.74, 6) is 0. The lowest BCUT2D eigenvalue weighted by atomic mass is 10.2. The van der Waals surface area contributed by atoms with E-state index in [9.17, 15) is 9.00 Å². The molecule has 0 aliphatic carbocycles. The molecule has 4 nitrogen and oxygen atoms in total. The first kappa shape index (κ1) is 17.4. The fourth-order valence-corrected chi connectivity index (χ4v) is 2.42. The number of rotatable bonds is 4. The molecular formula is C16H23NO3S. The third-order valence-corrected chi connectivity index (χ3v) is 3.63. The topological polar surface area (TPSA) is 55.4 Å². The number of carbonyl (C=O) groups is 1. The van der Waals surface area contributed by atoms with Gasteiger partial charge in [-0.25, -0.2) is 9.00 Å². The van der Waals surface area contributed by atoms with Crippen molar-refractivity contribution >= 4 is 16.9 Å². The maximum atomic E-state index is 12.1. The van der Waals surface area contributed by atoms with Gasteiger partial charge < -0.3 is 10.1 Å². The van der Waals surface area contributed by atoms with Gasteiger partial charge in [0.05, 0.1) is 10.8 Å². The van der Waals surface area contributed by atoms with E-state index in [0.29, 0.717) is 0 Å². The van der Waals surface area contributed by atoms with Crippen LogP contribution in [0.2, 0.25) is 0 Å². The van der Waals surface area contributed by atoms with Gasteiger partial charge in [0.2, 0.25) is 0 Å². The highest BCUT2D eigenvalue weighted by Gasteiger charge is 2.16. The van der Waals surface area contributed by atoms with Crippen LogP contribution in [0.5, 0.6) is 0 Å². The second-order valence-electron chi connectivity index (χ2n) is 5.87. The molecule has 0 aliphatic heterocycles. The molecular weight excluding hydrogens is 286 g/mol. The lowest BCUT2D eigenvalue weighted by Gasteiger charge is -2.20. The predicted molar refractivity (Wildman–Crippen MR) is 85.6 cm³/mol. The van der Waals surface area contributed by atoms with E-state index in [0.717, 1.165) is 10.5 Å². The van der Waals surface area contributed by atoms with Crippen molar-refractivity contribution in [3.8, 4) is 0 Å². The first-order valence-corrected chi connectivity index (χ1v) is 8.04. The van der Waals surface area contributed by atoms with Crippen molar-refractivity contribution in [3.05, 3.63) is 41.3 Å². The minimum atomic E-state index is -1.22. The van der Waals surface area contributed by atoms with Crippen molar-refractivity contribution in [1.29, 1.82) is 0 Å². The van der Waals surface area contributed by atoms with Crippen LogP contribution in [0.25, 0.3) is 0 Å². The summed E-state index contributed by atoms with van der Waals surface area (Å²) in [4.78, 5) is 12.3. The summed E-state index contributed by atoms with van der Waals surface area (Å²) in [6.07, 6.45) is 1.21. The van der Waals surface area contributed by atoms with E-state index in [2.05, 4.69) is 5.32 Å². The van der Waals surface area contributed by atoms with Crippen molar-refractivity contribution in [2.45, 2.75) is 51.2 Å². The number of ether oxygens (including phenoxy) is 1. The molecule has 1 amide bonds. The molecule has 1 aromatic rings.